The van der Waals surface area contributed by atoms with Crippen molar-refractivity contribution in [1.29, 1.82) is 0 Å². The predicted octanol–water partition coefficient (Wildman–Crippen LogP) is 0.520. The number of nitrogens with one attached hydrogen (secondary N) is 1. The van der Waals surface area contributed by atoms with Gasteiger partial charge >= 0.3 is 0 Å². The Hall–Kier alpha value is -2.77. The van der Waals surface area contributed by atoms with Gasteiger partial charge in [-0.05, 0) is 25.0 Å². The van der Waals surface area contributed by atoms with E-state index in [1.165, 1.54) is 4.57 Å². The van der Waals surface area contributed by atoms with E-state index in [1.807, 2.05) is 13.8 Å². The van der Waals surface area contributed by atoms with Crippen molar-refractivity contribution < 1.29 is 4.79 Å². The van der Waals surface area contributed by atoms with Gasteiger partial charge in [-0.3, -0.25) is 18.6 Å². The first-order chi connectivity index (χ1) is 11.0. The summed E-state index contributed by atoms with van der Waals surface area (Å²) >= 11 is 0. The van der Waals surface area contributed by atoms with Crippen LogP contribution in [0.15, 0.2) is 23.1 Å². The molecular weight excluding hydrogens is 296 g/mol. The summed E-state index contributed by atoms with van der Waals surface area (Å²) in [6.45, 7) is 6.27. The predicted molar refractivity (Wildman–Crippen MR) is 85.1 cm³/mol. The Kier molecular flexibility index (Phi) is 3.81. The lowest BCUT2D eigenvalue weighted by Crippen LogP contribution is -2.35. The Bertz CT molecular complexity index is 940. The van der Waals surface area contributed by atoms with Crippen LogP contribution < -0.4 is 10.9 Å². The molecule has 23 heavy (non-hydrogen) atoms. The van der Waals surface area contributed by atoms with Crippen molar-refractivity contribution in [3.63, 3.8) is 0 Å². The molecular formula is C15H18N6O2. The van der Waals surface area contributed by atoms with Gasteiger partial charge in [0.05, 0.1) is 5.52 Å². The van der Waals surface area contributed by atoms with Gasteiger partial charge in [-0.2, -0.15) is 0 Å². The van der Waals surface area contributed by atoms with Crippen LogP contribution in [0.2, 0.25) is 0 Å². The lowest BCUT2D eigenvalue weighted by molar-refractivity contribution is -0.121. The summed E-state index contributed by atoms with van der Waals surface area (Å²) in [5.74, 6) is 0.708. The van der Waals surface area contributed by atoms with Gasteiger partial charge in [0.15, 0.2) is 5.65 Å². The number of rotatable bonds is 4. The Morgan fingerprint density at radius 2 is 2.09 bits per heavy atom. The Morgan fingerprint density at radius 1 is 1.30 bits per heavy atom. The van der Waals surface area contributed by atoms with Crippen LogP contribution in [0.3, 0.4) is 0 Å². The number of nitrogens with zero attached hydrogens (tertiary/aromatic N) is 5. The minimum absolute atomic E-state index is 0.0733. The Labute approximate surface area is 132 Å². The molecule has 3 aromatic rings. The second-order valence-electron chi connectivity index (χ2n) is 5.84. The number of carbonyl (C=O) groups is 1. The number of carbonyl (C=O) groups excluding carboxylic acids is 1. The van der Waals surface area contributed by atoms with Gasteiger partial charge in [0.1, 0.15) is 12.4 Å². The number of hydrogen-bond acceptors (Lipinski definition) is 5. The van der Waals surface area contributed by atoms with Crippen molar-refractivity contribution in [1.82, 2.24) is 29.5 Å². The second kappa shape index (κ2) is 5.79. The smallest absolute Gasteiger partial charge is 0.297 e. The summed E-state index contributed by atoms with van der Waals surface area (Å²) in [5, 5.41) is 10.7. The lowest BCUT2D eigenvalue weighted by Gasteiger charge is -2.12. The second-order valence-corrected chi connectivity index (χ2v) is 5.84. The van der Waals surface area contributed by atoms with Crippen molar-refractivity contribution in [2.75, 3.05) is 6.54 Å². The van der Waals surface area contributed by atoms with Crippen molar-refractivity contribution in [2.45, 2.75) is 27.3 Å². The molecule has 0 atom stereocenters. The first-order valence-corrected chi connectivity index (χ1v) is 7.45. The third-order valence-corrected chi connectivity index (χ3v) is 3.54. The van der Waals surface area contributed by atoms with Gasteiger partial charge in [0, 0.05) is 12.7 Å². The van der Waals surface area contributed by atoms with Crippen LogP contribution in [0.25, 0.3) is 16.8 Å². The van der Waals surface area contributed by atoms with E-state index in [0.717, 1.165) is 0 Å². The number of aromatic nitrogens is 5. The molecule has 0 aliphatic rings. The van der Waals surface area contributed by atoms with Crippen LogP contribution >= 0.6 is 0 Å². The zero-order chi connectivity index (χ0) is 16.6. The summed E-state index contributed by atoms with van der Waals surface area (Å²) in [6.07, 6.45) is 1.63. The number of hydrogen-bond donors (Lipinski definition) is 1. The highest BCUT2D eigenvalue weighted by atomic mass is 16.2. The molecule has 3 rings (SSSR count). The quantitative estimate of drug-likeness (QED) is 0.757. The van der Waals surface area contributed by atoms with Gasteiger partial charge in [-0.1, -0.05) is 13.8 Å². The van der Waals surface area contributed by atoms with E-state index in [9.17, 15) is 9.59 Å². The summed E-state index contributed by atoms with van der Waals surface area (Å²) in [4.78, 5) is 29.1. The molecule has 0 aliphatic carbocycles. The van der Waals surface area contributed by atoms with Crippen LogP contribution in [0.5, 0.6) is 0 Å². The zero-order valence-electron chi connectivity index (χ0n) is 13.3. The third kappa shape index (κ3) is 2.67. The summed E-state index contributed by atoms with van der Waals surface area (Å²) in [5.41, 5.74) is 0.949. The van der Waals surface area contributed by atoms with E-state index >= 15 is 0 Å². The monoisotopic (exact) mass is 314 g/mol. The molecule has 0 unspecified atom stereocenters. The van der Waals surface area contributed by atoms with Crippen molar-refractivity contribution >= 4 is 22.7 Å². The number of aryl methyl sites for hydroxylation is 1. The van der Waals surface area contributed by atoms with Gasteiger partial charge in [-0.25, -0.2) is 4.98 Å². The molecule has 8 heteroatoms. The highest BCUT2D eigenvalue weighted by Gasteiger charge is 2.17. The first kappa shape index (κ1) is 15.1. The average molecular weight is 314 g/mol. The van der Waals surface area contributed by atoms with Gasteiger partial charge in [0.25, 0.3) is 5.56 Å². The highest BCUT2D eigenvalue weighted by Crippen LogP contribution is 2.12. The van der Waals surface area contributed by atoms with Crippen LogP contribution in [0, 0.1) is 12.8 Å². The molecule has 0 radical (unpaired) electrons. The fourth-order valence-electron chi connectivity index (χ4n) is 2.43. The lowest BCUT2D eigenvalue weighted by atomic mass is 10.2. The van der Waals surface area contributed by atoms with E-state index in [0.29, 0.717) is 29.5 Å². The van der Waals surface area contributed by atoms with Crippen LogP contribution in [0.1, 0.15) is 19.7 Å². The molecule has 0 aromatic carbocycles. The van der Waals surface area contributed by atoms with Crippen LogP contribution in [0.4, 0.5) is 0 Å². The molecule has 0 saturated carbocycles. The van der Waals surface area contributed by atoms with Crippen LogP contribution in [-0.4, -0.2) is 36.6 Å². The van der Waals surface area contributed by atoms with E-state index in [-0.39, 0.29) is 23.7 Å². The molecule has 3 aromatic heterocycles. The topological polar surface area (TPSA) is 94.2 Å². The average Bonchev–Trinajstić information content (AvgIpc) is 2.91. The van der Waals surface area contributed by atoms with E-state index in [4.69, 9.17) is 0 Å². The Morgan fingerprint density at radius 3 is 2.83 bits per heavy atom. The molecule has 0 aliphatic heterocycles. The molecule has 0 fully saturated rings. The number of pyridine rings is 1. The molecule has 8 nitrogen and oxygen atoms in total. The fourth-order valence-corrected chi connectivity index (χ4v) is 2.43. The number of amides is 1. The van der Waals surface area contributed by atoms with Gasteiger partial charge < -0.3 is 5.32 Å². The molecule has 3 heterocycles. The minimum atomic E-state index is -0.356. The maximum Gasteiger partial charge on any atom is 0.297 e. The fraction of sp³-hybridized carbons (Fsp3) is 0.400. The first-order valence-electron chi connectivity index (χ1n) is 7.45. The maximum absolute atomic E-state index is 12.7. The van der Waals surface area contributed by atoms with Crippen molar-refractivity contribution in [2.24, 2.45) is 5.92 Å². The van der Waals surface area contributed by atoms with Crippen LogP contribution in [-0.2, 0) is 11.3 Å². The SMILES string of the molecule is Cc1nnc2c(=O)n(CC(=O)NCC(C)C)c3cccnc3n12. The van der Waals surface area contributed by atoms with E-state index in [1.54, 1.807) is 29.7 Å². The maximum atomic E-state index is 12.7. The van der Waals surface area contributed by atoms with E-state index < -0.39 is 0 Å². The van der Waals surface area contributed by atoms with Crippen molar-refractivity contribution in [3.8, 4) is 0 Å². The minimum Gasteiger partial charge on any atom is -0.354 e. The van der Waals surface area contributed by atoms with E-state index in [2.05, 4.69) is 20.5 Å². The highest BCUT2D eigenvalue weighted by molar-refractivity contribution is 5.80. The largest absolute Gasteiger partial charge is 0.354 e. The molecule has 0 saturated heterocycles. The van der Waals surface area contributed by atoms with Gasteiger partial charge in [0.2, 0.25) is 11.6 Å². The normalized spacial score (nSPS) is 11.5. The molecule has 0 spiro atoms. The summed E-state index contributed by atoms with van der Waals surface area (Å²) < 4.78 is 3.00. The molecule has 0 bridgehead atoms. The summed E-state index contributed by atoms with van der Waals surface area (Å²) in [6, 6.07) is 3.49. The van der Waals surface area contributed by atoms with Crippen molar-refractivity contribution in [3.05, 3.63) is 34.5 Å². The summed E-state index contributed by atoms with van der Waals surface area (Å²) in [7, 11) is 0. The molecule has 1 amide bonds. The molecule has 1 N–H and O–H groups in total. The zero-order valence-corrected chi connectivity index (χ0v) is 13.3. The number of fused-ring (bicyclic) bond motifs is 3. The Balaban J connectivity index is 2.14. The third-order valence-electron chi connectivity index (χ3n) is 3.54. The standard InChI is InChI=1S/C15H18N6O2/c1-9(2)7-17-12(22)8-20-11-5-4-6-16-13(11)21-10(3)18-19-14(21)15(20)23/h4-6,9H,7-8H2,1-3H3,(H,17,22). The molecule has 120 valence electrons. The van der Waals surface area contributed by atoms with Gasteiger partial charge in [-0.15, -0.1) is 10.2 Å².